The number of nitrogens with one attached hydrogen (secondary N) is 1. The number of aliphatic hydroxyl groups is 1. The molecule has 160 valence electrons. The summed E-state index contributed by atoms with van der Waals surface area (Å²) in [5.41, 5.74) is -0.553. The monoisotopic (exact) mass is 385 g/mol. The van der Waals surface area contributed by atoms with Gasteiger partial charge in [-0.3, -0.25) is 9.59 Å². The van der Waals surface area contributed by atoms with E-state index in [4.69, 9.17) is 4.74 Å². The summed E-state index contributed by atoms with van der Waals surface area (Å²) in [6, 6.07) is -0.285. The van der Waals surface area contributed by atoms with Gasteiger partial charge in [0, 0.05) is 5.92 Å². The molecule has 0 saturated heterocycles. The van der Waals surface area contributed by atoms with Crippen molar-refractivity contribution in [1.29, 1.82) is 0 Å². The molecule has 0 aromatic carbocycles. The van der Waals surface area contributed by atoms with Crippen LogP contribution in [0.2, 0.25) is 0 Å². The first-order valence-electron chi connectivity index (χ1n) is 10.7. The third kappa shape index (κ3) is 13.7. The van der Waals surface area contributed by atoms with Gasteiger partial charge in [0.05, 0.1) is 19.1 Å². The van der Waals surface area contributed by atoms with E-state index < -0.39 is 11.5 Å². The van der Waals surface area contributed by atoms with Gasteiger partial charge in [0.15, 0.2) is 0 Å². The van der Waals surface area contributed by atoms with Gasteiger partial charge in [-0.05, 0) is 33.1 Å². The Morgan fingerprint density at radius 3 is 2.04 bits per heavy atom. The van der Waals surface area contributed by atoms with Crippen LogP contribution < -0.4 is 5.32 Å². The number of esters is 1. The van der Waals surface area contributed by atoms with Crippen LogP contribution >= 0.6 is 0 Å². The Labute approximate surface area is 166 Å². The van der Waals surface area contributed by atoms with Crippen molar-refractivity contribution >= 4 is 11.9 Å². The molecule has 0 unspecified atom stereocenters. The van der Waals surface area contributed by atoms with Crippen LogP contribution in [0.15, 0.2) is 0 Å². The normalized spacial score (nSPS) is 14.1. The van der Waals surface area contributed by atoms with Crippen molar-refractivity contribution in [2.45, 2.75) is 111 Å². The molecule has 0 aliphatic carbocycles. The van der Waals surface area contributed by atoms with Crippen molar-refractivity contribution in [2.24, 2.45) is 11.8 Å². The van der Waals surface area contributed by atoms with Crippen molar-refractivity contribution in [2.75, 3.05) is 6.61 Å². The summed E-state index contributed by atoms with van der Waals surface area (Å²) in [5, 5.41) is 12.4. The molecule has 2 N–H and O–H groups in total. The van der Waals surface area contributed by atoms with Gasteiger partial charge in [0.1, 0.15) is 5.60 Å². The van der Waals surface area contributed by atoms with Crippen molar-refractivity contribution in [3.05, 3.63) is 0 Å². The molecule has 0 aliphatic heterocycles. The number of carbonyl (C=O) groups is 2. The van der Waals surface area contributed by atoms with E-state index in [0.29, 0.717) is 6.42 Å². The van der Waals surface area contributed by atoms with E-state index >= 15 is 0 Å². The lowest BCUT2D eigenvalue weighted by Crippen LogP contribution is -2.44. The predicted molar refractivity (Wildman–Crippen MR) is 110 cm³/mol. The maximum absolute atomic E-state index is 12.7. The summed E-state index contributed by atoms with van der Waals surface area (Å²) in [4.78, 5) is 24.9. The topological polar surface area (TPSA) is 75.6 Å². The Morgan fingerprint density at radius 2 is 1.56 bits per heavy atom. The number of carbonyl (C=O) groups excluding carboxylic acids is 2. The minimum Gasteiger partial charge on any atom is -0.460 e. The largest absolute Gasteiger partial charge is 0.460 e. The SMILES string of the molecule is CCCCCCCCC[C@H](CC(=O)OC(C)(C)C)C(=O)N[C@H](CO)C(C)C. The molecule has 0 radical (unpaired) electrons. The lowest BCUT2D eigenvalue weighted by molar-refractivity contribution is -0.157. The molecule has 5 heteroatoms. The minimum absolute atomic E-state index is 0.0924. The zero-order chi connectivity index (χ0) is 20.9. The van der Waals surface area contributed by atoms with E-state index in [1.807, 2.05) is 34.6 Å². The van der Waals surface area contributed by atoms with Crippen molar-refractivity contribution in [3.8, 4) is 0 Å². The smallest absolute Gasteiger partial charge is 0.307 e. The van der Waals surface area contributed by atoms with E-state index in [0.717, 1.165) is 12.8 Å². The zero-order valence-corrected chi connectivity index (χ0v) is 18.5. The Balaban J connectivity index is 4.65. The van der Waals surface area contributed by atoms with Gasteiger partial charge < -0.3 is 15.2 Å². The van der Waals surface area contributed by atoms with Crippen LogP contribution in [0.25, 0.3) is 0 Å². The molecular weight excluding hydrogens is 342 g/mol. The second kappa shape index (κ2) is 14.0. The van der Waals surface area contributed by atoms with Gasteiger partial charge in [0.25, 0.3) is 0 Å². The van der Waals surface area contributed by atoms with Crippen LogP contribution in [0, 0.1) is 11.8 Å². The zero-order valence-electron chi connectivity index (χ0n) is 18.5. The quantitative estimate of drug-likeness (QED) is 0.338. The Hall–Kier alpha value is -1.10. The number of ether oxygens (including phenoxy) is 1. The van der Waals surface area contributed by atoms with Gasteiger partial charge >= 0.3 is 5.97 Å². The van der Waals surface area contributed by atoms with Crippen LogP contribution in [0.4, 0.5) is 0 Å². The lowest BCUT2D eigenvalue weighted by atomic mass is 9.94. The summed E-state index contributed by atoms with van der Waals surface area (Å²) in [5.74, 6) is -0.752. The van der Waals surface area contributed by atoms with E-state index in [9.17, 15) is 14.7 Å². The van der Waals surface area contributed by atoms with Gasteiger partial charge in [-0.2, -0.15) is 0 Å². The number of hydrogen-bond donors (Lipinski definition) is 2. The summed E-state index contributed by atoms with van der Waals surface area (Å²) in [7, 11) is 0. The highest BCUT2D eigenvalue weighted by molar-refractivity contribution is 5.84. The first-order valence-corrected chi connectivity index (χ1v) is 10.7. The third-order valence-electron chi connectivity index (χ3n) is 4.69. The van der Waals surface area contributed by atoms with Gasteiger partial charge in [0.2, 0.25) is 5.91 Å². The molecule has 0 bridgehead atoms. The molecule has 0 saturated carbocycles. The Morgan fingerprint density at radius 1 is 1.00 bits per heavy atom. The summed E-state index contributed by atoms with van der Waals surface area (Å²) >= 11 is 0. The molecule has 0 aliphatic rings. The van der Waals surface area contributed by atoms with Crippen molar-refractivity contribution < 1.29 is 19.4 Å². The van der Waals surface area contributed by atoms with E-state index in [2.05, 4.69) is 12.2 Å². The molecule has 2 atom stereocenters. The average molecular weight is 386 g/mol. The average Bonchev–Trinajstić information content (AvgIpc) is 2.55. The fraction of sp³-hybridized carbons (Fsp3) is 0.909. The van der Waals surface area contributed by atoms with Gasteiger partial charge in [-0.15, -0.1) is 0 Å². The van der Waals surface area contributed by atoms with Crippen LogP contribution in [0.1, 0.15) is 99.3 Å². The molecule has 1 amide bonds. The van der Waals surface area contributed by atoms with Crippen LogP contribution in [0.5, 0.6) is 0 Å². The molecule has 5 nitrogen and oxygen atoms in total. The van der Waals surface area contributed by atoms with Gasteiger partial charge in [-0.1, -0.05) is 65.7 Å². The standard InChI is InChI=1S/C22H43NO4/c1-7-8-9-10-11-12-13-14-18(15-20(25)27-22(4,5)6)21(26)23-19(16-24)17(2)3/h17-19,24H,7-16H2,1-6H3,(H,23,26)/t18-,19-/m1/s1. The highest BCUT2D eigenvalue weighted by Gasteiger charge is 2.27. The molecule has 0 aromatic heterocycles. The highest BCUT2D eigenvalue weighted by atomic mass is 16.6. The van der Waals surface area contributed by atoms with E-state index in [-0.39, 0.29) is 36.9 Å². The number of amides is 1. The summed E-state index contributed by atoms with van der Waals surface area (Å²) in [6.07, 6.45) is 8.97. The minimum atomic E-state index is -0.553. The fourth-order valence-corrected chi connectivity index (χ4v) is 2.98. The van der Waals surface area contributed by atoms with Crippen LogP contribution in [-0.4, -0.2) is 35.2 Å². The molecule has 0 fully saturated rings. The lowest BCUT2D eigenvalue weighted by Gasteiger charge is -2.25. The number of hydrogen-bond acceptors (Lipinski definition) is 4. The number of aliphatic hydroxyl groups excluding tert-OH is 1. The third-order valence-corrected chi connectivity index (χ3v) is 4.69. The fourth-order valence-electron chi connectivity index (χ4n) is 2.98. The van der Waals surface area contributed by atoms with E-state index in [1.165, 1.54) is 32.1 Å². The molecule has 0 aromatic rings. The molecule has 0 heterocycles. The second-order valence-electron chi connectivity index (χ2n) is 8.94. The first-order chi connectivity index (χ1) is 12.6. The Kier molecular flexibility index (Phi) is 13.4. The maximum Gasteiger partial charge on any atom is 0.307 e. The van der Waals surface area contributed by atoms with Crippen molar-refractivity contribution in [1.82, 2.24) is 5.32 Å². The van der Waals surface area contributed by atoms with Crippen LogP contribution in [0.3, 0.4) is 0 Å². The van der Waals surface area contributed by atoms with Gasteiger partial charge in [-0.25, -0.2) is 0 Å². The predicted octanol–water partition coefficient (Wildman–Crippen LogP) is 4.61. The molecule has 0 rings (SSSR count). The molecule has 27 heavy (non-hydrogen) atoms. The highest BCUT2D eigenvalue weighted by Crippen LogP contribution is 2.19. The Bertz CT molecular complexity index is 415. The molecular formula is C22H43NO4. The number of unbranched alkanes of at least 4 members (excludes halogenated alkanes) is 6. The van der Waals surface area contributed by atoms with Crippen molar-refractivity contribution in [3.63, 3.8) is 0 Å². The number of rotatable bonds is 14. The van der Waals surface area contributed by atoms with Crippen LogP contribution in [-0.2, 0) is 14.3 Å². The molecule has 0 spiro atoms. The maximum atomic E-state index is 12.7. The second-order valence-corrected chi connectivity index (χ2v) is 8.94. The first kappa shape index (κ1) is 25.9. The summed E-state index contributed by atoms with van der Waals surface area (Å²) < 4.78 is 5.40. The van der Waals surface area contributed by atoms with E-state index in [1.54, 1.807) is 0 Å². The summed E-state index contributed by atoms with van der Waals surface area (Å²) in [6.45, 7) is 11.5.